The molecule has 0 radical (unpaired) electrons. The highest BCUT2D eigenvalue weighted by molar-refractivity contribution is 6.30. The largest absolute Gasteiger partial charge is 0.380 e. The molecule has 0 bridgehead atoms. The van der Waals surface area contributed by atoms with Crippen LogP contribution in [-0.2, 0) is 6.54 Å². The topological polar surface area (TPSA) is 24.9 Å². The number of hydrogen-bond donors (Lipinski definition) is 1. The van der Waals surface area contributed by atoms with Gasteiger partial charge >= 0.3 is 0 Å². The lowest BCUT2D eigenvalue weighted by Gasteiger charge is -2.06. The third-order valence-electron chi connectivity index (χ3n) is 2.11. The van der Waals surface area contributed by atoms with Crippen molar-refractivity contribution in [3.05, 3.63) is 59.1 Å². The molecule has 0 atom stereocenters. The number of rotatable bonds is 3. The molecule has 16 heavy (non-hydrogen) atoms. The Morgan fingerprint density at radius 2 is 2.12 bits per heavy atom. The summed E-state index contributed by atoms with van der Waals surface area (Å²) < 4.78 is 12.5. The molecule has 0 unspecified atom stereocenters. The number of nitrogens with one attached hydrogen (secondary N) is 1. The van der Waals surface area contributed by atoms with Gasteiger partial charge in [0.1, 0.15) is 0 Å². The molecule has 0 aliphatic rings. The van der Waals surface area contributed by atoms with Gasteiger partial charge in [0.15, 0.2) is 0 Å². The summed E-state index contributed by atoms with van der Waals surface area (Å²) in [5, 5.41) is 3.83. The van der Waals surface area contributed by atoms with Crippen LogP contribution < -0.4 is 5.32 Å². The number of nitrogens with zero attached hydrogens (tertiary/aromatic N) is 1. The first-order chi connectivity index (χ1) is 7.74. The van der Waals surface area contributed by atoms with Crippen molar-refractivity contribution in [2.24, 2.45) is 0 Å². The zero-order chi connectivity index (χ0) is 11.4. The Balaban J connectivity index is 1.99. The average molecular weight is 237 g/mol. The van der Waals surface area contributed by atoms with Gasteiger partial charge in [0.25, 0.3) is 0 Å². The van der Waals surface area contributed by atoms with Gasteiger partial charge in [0.05, 0.1) is 11.9 Å². The van der Waals surface area contributed by atoms with Gasteiger partial charge in [0.2, 0.25) is 5.95 Å². The zero-order valence-corrected chi connectivity index (χ0v) is 9.21. The van der Waals surface area contributed by atoms with E-state index in [1.807, 2.05) is 24.3 Å². The summed E-state index contributed by atoms with van der Waals surface area (Å²) in [4.78, 5) is 3.55. The molecule has 0 fully saturated rings. The summed E-state index contributed by atoms with van der Waals surface area (Å²) in [5.41, 5.74) is 1.85. The molecule has 0 saturated carbocycles. The summed E-state index contributed by atoms with van der Waals surface area (Å²) in [6, 6.07) is 10.5. The molecule has 1 heterocycles. The normalized spacial score (nSPS) is 10.1. The molecule has 0 saturated heterocycles. The van der Waals surface area contributed by atoms with E-state index in [0.717, 1.165) is 11.3 Å². The maximum Gasteiger partial charge on any atom is 0.212 e. The number of anilines is 1. The van der Waals surface area contributed by atoms with Crippen LogP contribution in [0.1, 0.15) is 5.56 Å². The van der Waals surface area contributed by atoms with Crippen molar-refractivity contribution >= 4 is 17.3 Å². The lowest BCUT2D eigenvalue weighted by atomic mass is 10.2. The van der Waals surface area contributed by atoms with Crippen LogP contribution in [0.2, 0.25) is 5.02 Å². The Morgan fingerprint density at radius 1 is 1.25 bits per heavy atom. The van der Waals surface area contributed by atoms with Crippen LogP contribution in [0.4, 0.5) is 10.1 Å². The molecule has 1 aromatic carbocycles. The molecule has 82 valence electrons. The van der Waals surface area contributed by atoms with E-state index in [2.05, 4.69) is 10.3 Å². The minimum absolute atomic E-state index is 0.478. The minimum atomic E-state index is -0.478. The number of halogens is 2. The van der Waals surface area contributed by atoms with Gasteiger partial charge in [-0.3, -0.25) is 0 Å². The summed E-state index contributed by atoms with van der Waals surface area (Å²) in [5.74, 6) is -0.478. The van der Waals surface area contributed by atoms with Crippen molar-refractivity contribution in [3.63, 3.8) is 0 Å². The molecule has 0 amide bonds. The van der Waals surface area contributed by atoms with E-state index in [1.54, 1.807) is 6.07 Å². The zero-order valence-electron chi connectivity index (χ0n) is 8.45. The molecule has 0 spiro atoms. The second-order valence-electron chi connectivity index (χ2n) is 3.35. The fraction of sp³-hybridized carbons (Fsp3) is 0.0833. The summed E-state index contributed by atoms with van der Waals surface area (Å²) >= 11 is 5.86. The minimum Gasteiger partial charge on any atom is -0.380 e. The van der Waals surface area contributed by atoms with Gasteiger partial charge < -0.3 is 5.32 Å². The molecule has 1 aromatic heterocycles. The first-order valence-electron chi connectivity index (χ1n) is 4.84. The second-order valence-corrected chi connectivity index (χ2v) is 3.79. The molecule has 0 aliphatic heterocycles. The number of aromatic nitrogens is 1. The van der Waals surface area contributed by atoms with Crippen LogP contribution >= 0.6 is 11.6 Å². The highest BCUT2D eigenvalue weighted by Crippen LogP contribution is 2.12. The van der Waals surface area contributed by atoms with Gasteiger partial charge in [-0.15, -0.1) is 0 Å². The predicted octanol–water partition coefficient (Wildman–Crippen LogP) is 3.49. The van der Waals surface area contributed by atoms with E-state index in [9.17, 15) is 4.39 Å². The van der Waals surface area contributed by atoms with Crippen molar-refractivity contribution < 1.29 is 4.39 Å². The number of benzene rings is 1. The maximum atomic E-state index is 12.5. The van der Waals surface area contributed by atoms with E-state index in [-0.39, 0.29) is 0 Å². The summed E-state index contributed by atoms with van der Waals surface area (Å²) in [6.07, 6.45) is 1.46. The monoisotopic (exact) mass is 236 g/mol. The van der Waals surface area contributed by atoms with Crippen LogP contribution in [0.5, 0.6) is 0 Å². The van der Waals surface area contributed by atoms with Crippen molar-refractivity contribution in [1.29, 1.82) is 0 Å². The van der Waals surface area contributed by atoms with Crippen LogP contribution in [0.25, 0.3) is 0 Å². The highest BCUT2D eigenvalue weighted by atomic mass is 35.5. The molecule has 0 aliphatic carbocycles. The maximum absolute atomic E-state index is 12.5. The van der Waals surface area contributed by atoms with Crippen molar-refractivity contribution in [2.75, 3.05) is 5.32 Å². The molecular formula is C12H10ClFN2. The lowest BCUT2D eigenvalue weighted by molar-refractivity contribution is 0.584. The molecule has 2 aromatic rings. The Kier molecular flexibility index (Phi) is 3.37. The smallest absolute Gasteiger partial charge is 0.212 e. The first-order valence-corrected chi connectivity index (χ1v) is 5.22. The Labute approximate surface area is 98.1 Å². The van der Waals surface area contributed by atoms with Crippen molar-refractivity contribution in [3.8, 4) is 0 Å². The Morgan fingerprint density at radius 3 is 2.81 bits per heavy atom. The van der Waals surface area contributed by atoms with Gasteiger partial charge in [-0.25, -0.2) is 4.98 Å². The third-order valence-corrected chi connectivity index (χ3v) is 2.35. The summed E-state index contributed by atoms with van der Waals surface area (Å²) in [6.45, 7) is 0.633. The van der Waals surface area contributed by atoms with Crippen molar-refractivity contribution in [1.82, 2.24) is 4.98 Å². The third kappa shape index (κ3) is 2.94. The van der Waals surface area contributed by atoms with Gasteiger partial charge in [-0.2, -0.15) is 4.39 Å². The summed E-state index contributed by atoms with van der Waals surface area (Å²) in [7, 11) is 0. The number of hydrogen-bond acceptors (Lipinski definition) is 2. The molecular weight excluding hydrogens is 227 g/mol. The Hall–Kier alpha value is -1.61. The van der Waals surface area contributed by atoms with Crippen LogP contribution in [0.3, 0.4) is 0 Å². The molecule has 1 N–H and O–H groups in total. The van der Waals surface area contributed by atoms with E-state index >= 15 is 0 Å². The van der Waals surface area contributed by atoms with Crippen LogP contribution in [0.15, 0.2) is 42.6 Å². The average Bonchev–Trinajstić information content (AvgIpc) is 2.28. The molecule has 2 rings (SSSR count). The van der Waals surface area contributed by atoms with Gasteiger partial charge in [-0.1, -0.05) is 23.7 Å². The molecule has 2 nitrogen and oxygen atoms in total. The predicted molar refractivity (Wildman–Crippen MR) is 63.0 cm³/mol. The van der Waals surface area contributed by atoms with Gasteiger partial charge in [0, 0.05) is 11.6 Å². The van der Waals surface area contributed by atoms with E-state index < -0.39 is 5.95 Å². The van der Waals surface area contributed by atoms with Crippen LogP contribution in [-0.4, -0.2) is 4.98 Å². The SMILES string of the molecule is Fc1ccc(NCc2cccc(Cl)c2)cn1. The fourth-order valence-electron chi connectivity index (χ4n) is 1.33. The van der Waals surface area contributed by atoms with Crippen molar-refractivity contribution in [2.45, 2.75) is 6.54 Å². The van der Waals surface area contributed by atoms with Crippen LogP contribution in [0, 0.1) is 5.95 Å². The van der Waals surface area contributed by atoms with Gasteiger partial charge in [-0.05, 0) is 29.8 Å². The number of pyridine rings is 1. The van der Waals surface area contributed by atoms with E-state index in [1.165, 1.54) is 12.3 Å². The standard InChI is InChI=1S/C12H10ClFN2/c13-10-3-1-2-9(6-10)7-15-11-4-5-12(14)16-8-11/h1-6,8,15H,7H2. The lowest BCUT2D eigenvalue weighted by Crippen LogP contribution is -1.99. The quantitative estimate of drug-likeness (QED) is 0.826. The second kappa shape index (κ2) is 4.94. The fourth-order valence-corrected chi connectivity index (χ4v) is 1.54. The first kappa shape index (κ1) is 10.9. The highest BCUT2D eigenvalue weighted by Gasteiger charge is 1.96. The molecule has 4 heteroatoms. The van der Waals surface area contributed by atoms with E-state index in [0.29, 0.717) is 11.6 Å². The Bertz CT molecular complexity index is 471. The van der Waals surface area contributed by atoms with E-state index in [4.69, 9.17) is 11.6 Å².